The normalized spacial score (nSPS) is 16.5. The van der Waals surface area contributed by atoms with Crippen LogP contribution in [0, 0.1) is 11.7 Å². The van der Waals surface area contributed by atoms with Crippen molar-refractivity contribution in [2.75, 3.05) is 26.7 Å². The summed E-state index contributed by atoms with van der Waals surface area (Å²) < 4.78 is 18.6. The van der Waals surface area contributed by atoms with Crippen LogP contribution in [0.25, 0.3) is 0 Å². The molecular weight excluding hydrogens is 347 g/mol. The molecule has 1 aliphatic carbocycles. The number of amides is 1. The van der Waals surface area contributed by atoms with Crippen molar-refractivity contribution in [3.63, 3.8) is 0 Å². The summed E-state index contributed by atoms with van der Waals surface area (Å²) >= 11 is 0. The van der Waals surface area contributed by atoms with Crippen LogP contribution in [0.5, 0.6) is 5.75 Å². The van der Waals surface area contributed by atoms with Gasteiger partial charge in [-0.15, -0.1) is 0 Å². The lowest BCUT2D eigenvalue weighted by Crippen LogP contribution is -2.45. The van der Waals surface area contributed by atoms with Gasteiger partial charge in [0, 0.05) is 26.1 Å². The number of aliphatic imine (C=N–C) groups is 1. The average molecular weight is 378 g/mol. The third-order valence-corrected chi connectivity index (χ3v) is 4.62. The molecule has 0 aliphatic heterocycles. The van der Waals surface area contributed by atoms with Crippen LogP contribution in [0.3, 0.4) is 0 Å². The van der Waals surface area contributed by atoms with Gasteiger partial charge >= 0.3 is 0 Å². The molecule has 150 valence electrons. The van der Waals surface area contributed by atoms with Crippen molar-refractivity contribution in [1.29, 1.82) is 0 Å². The molecule has 0 heterocycles. The zero-order valence-electron chi connectivity index (χ0n) is 16.3. The van der Waals surface area contributed by atoms with E-state index in [1.54, 1.807) is 19.2 Å². The van der Waals surface area contributed by atoms with Gasteiger partial charge in [-0.2, -0.15) is 0 Å². The Morgan fingerprint density at radius 2 is 1.81 bits per heavy atom. The van der Waals surface area contributed by atoms with E-state index in [0.717, 1.165) is 25.7 Å². The molecule has 0 radical (unpaired) electrons. The van der Waals surface area contributed by atoms with Gasteiger partial charge in [-0.25, -0.2) is 4.39 Å². The molecule has 1 aliphatic rings. The molecule has 1 aromatic carbocycles. The van der Waals surface area contributed by atoms with E-state index < -0.39 is 0 Å². The Morgan fingerprint density at radius 3 is 2.48 bits per heavy atom. The lowest BCUT2D eigenvalue weighted by atomic mass is 9.89. The lowest BCUT2D eigenvalue weighted by Gasteiger charge is -2.21. The van der Waals surface area contributed by atoms with E-state index in [4.69, 9.17) is 4.74 Å². The summed E-state index contributed by atoms with van der Waals surface area (Å²) in [5, 5.41) is 9.35. The molecule has 27 heavy (non-hydrogen) atoms. The molecule has 0 aromatic heterocycles. The topological polar surface area (TPSA) is 74.8 Å². The Labute approximate surface area is 161 Å². The van der Waals surface area contributed by atoms with Gasteiger partial charge < -0.3 is 20.7 Å². The van der Waals surface area contributed by atoms with Gasteiger partial charge in [0.1, 0.15) is 17.7 Å². The SMILES string of the molecule is CN=C(NCCNC(=O)C1CCCCC1)NCC(C)Oc1ccc(F)cc1. The number of benzene rings is 1. The quantitative estimate of drug-likeness (QED) is 0.369. The number of halogens is 1. The van der Waals surface area contributed by atoms with E-state index >= 15 is 0 Å². The molecule has 0 spiro atoms. The molecule has 3 N–H and O–H groups in total. The molecule has 0 saturated heterocycles. The maximum atomic E-state index is 12.9. The van der Waals surface area contributed by atoms with Crippen LogP contribution in [0.1, 0.15) is 39.0 Å². The molecule has 1 unspecified atom stereocenters. The van der Waals surface area contributed by atoms with Crippen molar-refractivity contribution in [2.45, 2.75) is 45.1 Å². The van der Waals surface area contributed by atoms with Crippen molar-refractivity contribution >= 4 is 11.9 Å². The Balaban J connectivity index is 1.60. The zero-order chi connectivity index (χ0) is 19.5. The second-order valence-electron chi connectivity index (χ2n) is 6.89. The van der Waals surface area contributed by atoms with Gasteiger partial charge in [-0.1, -0.05) is 19.3 Å². The maximum Gasteiger partial charge on any atom is 0.223 e. The van der Waals surface area contributed by atoms with Crippen molar-refractivity contribution in [3.05, 3.63) is 30.1 Å². The summed E-state index contributed by atoms with van der Waals surface area (Å²) in [6.07, 6.45) is 5.47. The van der Waals surface area contributed by atoms with Gasteiger partial charge in [-0.3, -0.25) is 9.79 Å². The maximum absolute atomic E-state index is 12.9. The fourth-order valence-corrected chi connectivity index (χ4v) is 3.12. The van der Waals surface area contributed by atoms with Crippen LogP contribution in [0.4, 0.5) is 4.39 Å². The number of carbonyl (C=O) groups excluding carboxylic acids is 1. The Bertz CT molecular complexity index is 601. The van der Waals surface area contributed by atoms with E-state index in [9.17, 15) is 9.18 Å². The number of carbonyl (C=O) groups is 1. The predicted molar refractivity (Wildman–Crippen MR) is 105 cm³/mol. The average Bonchev–Trinajstić information content (AvgIpc) is 2.69. The highest BCUT2D eigenvalue weighted by Crippen LogP contribution is 2.23. The number of hydrogen-bond acceptors (Lipinski definition) is 3. The number of rotatable bonds is 8. The van der Waals surface area contributed by atoms with Gasteiger partial charge in [0.05, 0.1) is 6.54 Å². The van der Waals surface area contributed by atoms with Crippen LogP contribution in [0.15, 0.2) is 29.3 Å². The summed E-state index contributed by atoms with van der Waals surface area (Å²) in [5.74, 6) is 1.34. The minimum absolute atomic E-state index is 0.111. The van der Waals surface area contributed by atoms with Crippen molar-refractivity contribution in [1.82, 2.24) is 16.0 Å². The highest BCUT2D eigenvalue weighted by atomic mass is 19.1. The van der Waals surface area contributed by atoms with E-state index in [1.165, 1.54) is 18.6 Å². The summed E-state index contributed by atoms with van der Waals surface area (Å²) in [5.41, 5.74) is 0. The van der Waals surface area contributed by atoms with Crippen LogP contribution in [0.2, 0.25) is 0 Å². The molecule has 6 nitrogen and oxygen atoms in total. The van der Waals surface area contributed by atoms with Crippen molar-refractivity contribution in [2.24, 2.45) is 10.9 Å². The first-order valence-corrected chi connectivity index (χ1v) is 9.73. The van der Waals surface area contributed by atoms with E-state index in [2.05, 4.69) is 20.9 Å². The Kier molecular flexibility index (Phi) is 8.87. The molecular formula is C20H31FN4O2. The first-order chi connectivity index (χ1) is 13.1. The smallest absolute Gasteiger partial charge is 0.223 e. The van der Waals surface area contributed by atoms with Gasteiger partial charge in [0.2, 0.25) is 5.91 Å². The lowest BCUT2D eigenvalue weighted by molar-refractivity contribution is -0.125. The first kappa shape index (κ1) is 21.0. The van der Waals surface area contributed by atoms with Crippen LogP contribution >= 0.6 is 0 Å². The standard InChI is InChI=1S/C20H31FN4O2/c1-15(27-18-10-8-17(21)9-11-18)14-25-20(22-2)24-13-12-23-19(26)16-6-4-3-5-7-16/h8-11,15-16H,3-7,12-14H2,1-2H3,(H,23,26)(H2,22,24,25). The highest BCUT2D eigenvalue weighted by molar-refractivity contribution is 5.80. The zero-order valence-corrected chi connectivity index (χ0v) is 16.3. The third-order valence-electron chi connectivity index (χ3n) is 4.62. The van der Waals surface area contributed by atoms with Crippen LogP contribution in [-0.4, -0.2) is 44.7 Å². The fraction of sp³-hybridized carbons (Fsp3) is 0.600. The van der Waals surface area contributed by atoms with E-state index in [0.29, 0.717) is 31.3 Å². The van der Waals surface area contributed by atoms with E-state index in [-0.39, 0.29) is 23.7 Å². The molecule has 1 fully saturated rings. The first-order valence-electron chi connectivity index (χ1n) is 9.73. The molecule has 1 atom stereocenters. The number of hydrogen-bond donors (Lipinski definition) is 3. The molecule has 0 bridgehead atoms. The minimum Gasteiger partial charge on any atom is -0.489 e. The monoisotopic (exact) mass is 378 g/mol. The molecule has 1 amide bonds. The second kappa shape index (κ2) is 11.4. The minimum atomic E-state index is -0.284. The predicted octanol–water partition coefficient (Wildman–Crippen LogP) is 2.45. The fourth-order valence-electron chi connectivity index (χ4n) is 3.12. The largest absolute Gasteiger partial charge is 0.489 e. The van der Waals surface area contributed by atoms with Crippen LogP contribution < -0.4 is 20.7 Å². The summed E-state index contributed by atoms with van der Waals surface area (Å²) in [6, 6.07) is 5.96. The summed E-state index contributed by atoms with van der Waals surface area (Å²) in [4.78, 5) is 16.3. The second-order valence-corrected chi connectivity index (χ2v) is 6.89. The summed E-state index contributed by atoms with van der Waals surface area (Å²) in [6.45, 7) is 3.64. The van der Waals surface area contributed by atoms with Gasteiger partial charge in [-0.05, 0) is 44.0 Å². The Morgan fingerprint density at radius 1 is 1.15 bits per heavy atom. The number of ether oxygens (including phenoxy) is 1. The van der Waals surface area contributed by atoms with Gasteiger partial charge in [0.15, 0.2) is 5.96 Å². The Hall–Kier alpha value is -2.31. The number of nitrogens with zero attached hydrogens (tertiary/aromatic N) is 1. The van der Waals surface area contributed by atoms with Crippen LogP contribution in [-0.2, 0) is 4.79 Å². The highest BCUT2D eigenvalue weighted by Gasteiger charge is 2.20. The number of nitrogens with one attached hydrogen (secondary N) is 3. The molecule has 1 aromatic rings. The number of guanidine groups is 1. The molecule has 1 saturated carbocycles. The summed E-state index contributed by atoms with van der Waals surface area (Å²) in [7, 11) is 1.70. The molecule has 7 heteroatoms. The van der Waals surface area contributed by atoms with Gasteiger partial charge in [0.25, 0.3) is 0 Å². The third kappa shape index (κ3) is 7.85. The molecule has 2 rings (SSSR count). The van der Waals surface area contributed by atoms with Crippen molar-refractivity contribution in [3.8, 4) is 5.75 Å². The van der Waals surface area contributed by atoms with E-state index in [1.807, 2.05) is 6.92 Å². The van der Waals surface area contributed by atoms with Crippen molar-refractivity contribution < 1.29 is 13.9 Å².